The first-order chi connectivity index (χ1) is 37.5. The lowest BCUT2D eigenvalue weighted by atomic mass is 10.0. The molecule has 0 radical (unpaired) electrons. The second-order valence-corrected chi connectivity index (χ2v) is 23.5. The van der Waals surface area contributed by atoms with Gasteiger partial charge in [-0.05, 0) is 51.4 Å². The summed E-state index contributed by atoms with van der Waals surface area (Å²) in [5.74, 6) is -0.853. The highest BCUT2D eigenvalue weighted by Gasteiger charge is 2.19. The summed E-state index contributed by atoms with van der Waals surface area (Å²) in [6.45, 7) is 6.65. The van der Waals surface area contributed by atoms with E-state index in [1.54, 1.807) is 0 Å². The number of carbonyl (C=O) groups excluding carboxylic acids is 3. The molecule has 0 saturated heterocycles. The molecule has 0 aliphatic rings. The van der Waals surface area contributed by atoms with Crippen molar-refractivity contribution in [3.63, 3.8) is 0 Å². The summed E-state index contributed by atoms with van der Waals surface area (Å²) < 4.78 is 16.9. The molecule has 0 heterocycles. The topological polar surface area (TPSA) is 78.9 Å². The van der Waals surface area contributed by atoms with Crippen molar-refractivity contribution >= 4 is 17.9 Å². The highest BCUT2D eigenvalue weighted by molar-refractivity contribution is 5.71. The Morgan fingerprint density at radius 1 is 0.263 bits per heavy atom. The van der Waals surface area contributed by atoms with Gasteiger partial charge in [0.25, 0.3) is 0 Å². The normalized spacial score (nSPS) is 12.1. The van der Waals surface area contributed by atoms with E-state index in [1.165, 1.54) is 283 Å². The number of ether oxygens (including phenoxy) is 3. The SMILES string of the molecule is CCCCCCC/C=C\C/C=C\CCCCCCCCCCCC(=O)OC(COC(=O)CCCCCCCCC)COC(=O)CCCCCCCCCCCCCCCCCCCCCCCCCCCCCCCC. The van der Waals surface area contributed by atoms with Gasteiger partial charge in [0.15, 0.2) is 6.10 Å². The fourth-order valence-electron chi connectivity index (χ4n) is 10.5. The lowest BCUT2D eigenvalue weighted by molar-refractivity contribution is -0.167. The maximum atomic E-state index is 12.9. The molecule has 0 spiro atoms. The molecule has 0 aromatic carbocycles. The molecule has 0 amide bonds. The second kappa shape index (κ2) is 65.4. The molecule has 76 heavy (non-hydrogen) atoms. The Bertz CT molecular complexity index is 1230. The zero-order valence-electron chi connectivity index (χ0n) is 51.6. The van der Waals surface area contributed by atoms with E-state index in [0.29, 0.717) is 19.3 Å². The van der Waals surface area contributed by atoms with Gasteiger partial charge >= 0.3 is 17.9 Å². The molecule has 0 aliphatic carbocycles. The van der Waals surface area contributed by atoms with Crippen LogP contribution in [0.25, 0.3) is 0 Å². The average molecular weight is 1070 g/mol. The van der Waals surface area contributed by atoms with E-state index in [9.17, 15) is 14.4 Å². The molecule has 6 heteroatoms. The summed E-state index contributed by atoms with van der Waals surface area (Å²) >= 11 is 0. The third kappa shape index (κ3) is 62.7. The van der Waals surface area contributed by atoms with Gasteiger partial charge < -0.3 is 14.2 Å². The van der Waals surface area contributed by atoms with Crippen molar-refractivity contribution in [2.45, 2.75) is 393 Å². The molecule has 0 saturated carbocycles. The Balaban J connectivity index is 4.00. The van der Waals surface area contributed by atoms with E-state index in [-0.39, 0.29) is 31.1 Å². The lowest BCUT2D eigenvalue weighted by Gasteiger charge is -2.18. The second-order valence-electron chi connectivity index (χ2n) is 23.5. The molecule has 0 aromatic heterocycles. The Labute approximate surface area is 474 Å². The summed E-state index contributed by atoms with van der Waals surface area (Å²) in [5.41, 5.74) is 0. The van der Waals surface area contributed by atoms with Crippen LogP contribution in [-0.4, -0.2) is 37.2 Å². The van der Waals surface area contributed by atoms with Gasteiger partial charge in [0.2, 0.25) is 0 Å². The minimum atomic E-state index is -0.768. The number of carbonyl (C=O) groups is 3. The van der Waals surface area contributed by atoms with Crippen LogP contribution in [0.3, 0.4) is 0 Å². The number of unbranched alkanes of at least 4 members (excludes halogenated alkanes) is 49. The average Bonchev–Trinajstić information content (AvgIpc) is 3.42. The zero-order valence-corrected chi connectivity index (χ0v) is 51.6. The minimum absolute atomic E-state index is 0.0676. The van der Waals surface area contributed by atoms with Gasteiger partial charge in [-0.1, -0.05) is 340 Å². The third-order valence-electron chi connectivity index (χ3n) is 15.7. The van der Waals surface area contributed by atoms with Crippen molar-refractivity contribution in [3.05, 3.63) is 24.3 Å². The molecule has 0 fully saturated rings. The summed E-state index contributed by atoms with van der Waals surface area (Å²) in [6, 6.07) is 0. The van der Waals surface area contributed by atoms with Crippen LogP contribution in [0, 0.1) is 0 Å². The van der Waals surface area contributed by atoms with E-state index in [1.807, 2.05) is 0 Å². The van der Waals surface area contributed by atoms with Crippen molar-refractivity contribution < 1.29 is 28.6 Å². The number of hydrogen-bond acceptors (Lipinski definition) is 6. The van der Waals surface area contributed by atoms with Crippen LogP contribution in [0.2, 0.25) is 0 Å². The lowest BCUT2D eigenvalue weighted by Crippen LogP contribution is -2.30. The monoisotopic (exact) mass is 1070 g/mol. The molecule has 1 atom stereocenters. The summed E-state index contributed by atoms with van der Waals surface area (Å²) in [5, 5.41) is 0. The van der Waals surface area contributed by atoms with Crippen LogP contribution in [0.1, 0.15) is 387 Å². The Morgan fingerprint density at radius 2 is 0.474 bits per heavy atom. The van der Waals surface area contributed by atoms with Crippen LogP contribution < -0.4 is 0 Å². The molecular formula is C70H132O6. The predicted molar refractivity (Wildman–Crippen MR) is 330 cm³/mol. The van der Waals surface area contributed by atoms with Crippen molar-refractivity contribution in [3.8, 4) is 0 Å². The maximum absolute atomic E-state index is 12.9. The fraction of sp³-hybridized carbons (Fsp3) is 0.900. The van der Waals surface area contributed by atoms with Crippen LogP contribution in [0.5, 0.6) is 0 Å². The molecule has 448 valence electrons. The van der Waals surface area contributed by atoms with E-state index in [2.05, 4.69) is 45.1 Å². The molecule has 0 aromatic rings. The standard InChI is InChI=1S/C70H132O6/c1-4-7-10-13-16-18-20-22-24-26-28-30-31-32-33-34-35-36-37-38-40-41-43-45-47-49-51-54-57-60-63-69(72)75-66-67(65-74-68(71)62-59-56-53-15-12-9-6-3)76-70(73)64-61-58-55-52-50-48-46-44-42-39-29-27-25-23-21-19-17-14-11-8-5-2/h21,23,27,29,67H,4-20,22,24-26,28,30-66H2,1-3H3/b23-21-,29-27-. The summed E-state index contributed by atoms with van der Waals surface area (Å²) in [4.78, 5) is 38.1. The quantitative estimate of drug-likeness (QED) is 0.0261. The molecule has 6 nitrogen and oxygen atoms in total. The molecule has 0 N–H and O–H groups in total. The predicted octanol–water partition coefficient (Wildman–Crippen LogP) is 23.4. The maximum Gasteiger partial charge on any atom is 0.306 e. The largest absolute Gasteiger partial charge is 0.462 e. The zero-order chi connectivity index (χ0) is 55.0. The van der Waals surface area contributed by atoms with Gasteiger partial charge in [-0.2, -0.15) is 0 Å². The fourth-order valence-corrected chi connectivity index (χ4v) is 10.5. The summed E-state index contributed by atoms with van der Waals surface area (Å²) in [7, 11) is 0. The van der Waals surface area contributed by atoms with E-state index >= 15 is 0 Å². The third-order valence-corrected chi connectivity index (χ3v) is 15.7. The van der Waals surface area contributed by atoms with Crippen molar-refractivity contribution in [1.82, 2.24) is 0 Å². The first kappa shape index (κ1) is 73.9. The van der Waals surface area contributed by atoms with Crippen LogP contribution in [-0.2, 0) is 28.6 Å². The Hall–Kier alpha value is -2.11. The van der Waals surface area contributed by atoms with Crippen molar-refractivity contribution in [2.75, 3.05) is 13.2 Å². The molecular weight excluding hydrogens is 937 g/mol. The van der Waals surface area contributed by atoms with Gasteiger partial charge in [0.1, 0.15) is 13.2 Å². The smallest absolute Gasteiger partial charge is 0.306 e. The highest BCUT2D eigenvalue weighted by Crippen LogP contribution is 2.19. The van der Waals surface area contributed by atoms with Gasteiger partial charge in [0.05, 0.1) is 0 Å². The van der Waals surface area contributed by atoms with Crippen LogP contribution >= 0.6 is 0 Å². The Morgan fingerprint density at radius 3 is 0.724 bits per heavy atom. The number of hydrogen-bond donors (Lipinski definition) is 0. The van der Waals surface area contributed by atoms with Gasteiger partial charge in [-0.25, -0.2) is 0 Å². The number of esters is 3. The first-order valence-corrected chi connectivity index (χ1v) is 34.3. The molecule has 1 unspecified atom stereocenters. The van der Waals surface area contributed by atoms with E-state index in [4.69, 9.17) is 14.2 Å². The van der Waals surface area contributed by atoms with E-state index < -0.39 is 6.10 Å². The van der Waals surface area contributed by atoms with Crippen LogP contribution in [0.4, 0.5) is 0 Å². The number of rotatable bonds is 64. The summed E-state index contributed by atoms with van der Waals surface area (Å²) in [6.07, 6.45) is 79.5. The number of allylic oxidation sites excluding steroid dienone is 4. The van der Waals surface area contributed by atoms with Gasteiger partial charge in [-0.15, -0.1) is 0 Å². The Kier molecular flexibility index (Phi) is 63.6. The van der Waals surface area contributed by atoms with Gasteiger partial charge in [0, 0.05) is 19.3 Å². The van der Waals surface area contributed by atoms with E-state index in [0.717, 1.165) is 64.2 Å². The molecule has 0 bridgehead atoms. The first-order valence-electron chi connectivity index (χ1n) is 34.3. The van der Waals surface area contributed by atoms with Gasteiger partial charge in [-0.3, -0.25) is 14.4 Å². The van der Waals surface area contributed by atoms with Crippen molar-refractivity contribution in [1.29, 1.82) is 0 Å². The highest BCUT2D eigenvalue weighted by atomic mass is 16.6. The van der Waals surface area contributed by atoms with Crippen molar-refractivity contribution in [2.24, 2.45) is 0 Å². The molecule has 0 aliphatic heterocycles. The minimum Gasteiger partial charge on any atom is -0.462 e. The molecule has 0 rings (SSSR count). The van der Waals surface area contributed by atoms with Crippen LogP contribution in [0.15, 0.2) is 24.3 Å².